The molecular weight excluding hydrogens is 328 g/mol. The third-order valence-corrected chi connectivity index (χ3v) is 5.56. The summed E-state index contributed by atoms with van der Waals surface area (Å²) in [6, 6.07) is 12.9. The third kappa shape index (κ3) is 3.37. The lowest BCUT2D eigenvalue weighted by Gasteiger charge is -2.23. The summed E-state index contributed by atoms with van der Waals surface area (Å²) >= 11 is 0. The van der Waals surface area contributed by atoms with Crippen molar-refractivity contribution in [3.63, 3.8) is 0 Å². The Morgan fingerprint density at radius 2 is 2.00 bits per heavy atom. The zero-order valence-electron chi connectivity index (χ0n) is 13.4. The average Bonchev–Trinajstić information content (AvgIpc) is 3.25. The maximum absolute atomic E-state index is 12.7. The minimum absolute atomic E-state index is 0.0591. The lowest BCUT2D eigenvalue weighted by Crippen LogP contribution is -2.36. The molecule has 0 bridgehead atoms. The Hall–Kier alpha value is -2.12. The number of rotatable bonds is 5. The molecule has 24 heavy (non-hydrogen) atoms. The first-order valence-corrected chi connectivity index (χ1v) is 9.38. The maximum atomic E-state index is 12.7. The molecule has 1 aliphatic heterocycles. The Morgan fingerprint density at radius 3 is 2.71 bits per heavy atom. The molecule has 0 unspecified atom stereocenters. The molecule has 1 fully saturated rings. The molecule has 7 heteroatoms. The number of carbonyl (C=O) groups is 1. The number of sulfonamides is 1. The van der Waals surface area contributed by atoms with Crippen LogP contribution < -0.4 is 4.72 Å². The van der Waals surface area contributed by atoms with Crippen molar-refractivity contribution in [1.82, 2.24) is 9.62 Å². The molecule has 0 spiro atoms. The second-order valence-corrected chi connectivity index (χ2v) is 7.63. The van der Waals surface area contributed by atoms with Gasteiger partial charge in [0.25, 0.3) is 15.9 Å². The fourth-order valence-corrected chi connectivity index (χ4v) is 3.67. The van der Waals surface area contributed by atoms with Crippen LogP contribution in [0.25, 0.3) is 0 Å². The lowest BCUT2D eigenvalue weighted by atomic mass is 10.0. The molecule has 1 aromatic heterocycles. The van der Waals surface area contributed by atoms with Gasteiger partial charge < -0.3 is 9.32 Å². The second kappa shape index (κ2) is 6.78. The van der Waals surface area contributed by atoms with E-state index in [1.54, 1.807) is 4.90 Å². The summed E-state index contributed by atoms with van der Waals surface area (Å²) in [5.41, 5.74) is 1.18. The molecular formula is C17H20N2O4S. The molecule has 1 aliphatic rings. The monoisotopic (exact) mass is 348 g/mol. The van der Waals surface area contributed by atoms with Crippen LogP contribution in [0.15, 0.2) is 52.0 Å². The molecule has 1 aromatic carbocycles. The first-order chi connectivity index (χ1) is 11.5. The predicted molar refractivity (Wildman–Crippen MR) is 89.2 cm³/mol. The van der Waals surface area contributed by atoms with E-state index in [4.69, 9.17) is 4.42 Å². The number of hydrogen-bond acceptors (Lipinski definition) is 4. The first kappa shape index (κ1) is 16.7. The van der Waals surface area contributed by atoms with Gasteiger partial charge in [0.1, 0.15) is 0 Å². The molecule has 1 saturated heterocycles. The number of carbonyl (C=O) groups excluding carboxylic acids is 1. The quantitative estimate of drug-likeness (QED) is 0.897. The number of amides is 1. The largest absolute Gasteiger partial charge is 0.438 e. The van der Waals surface area contributed by atoms with Gasteiger partial charge >= 0.3 is 0 Å². The standard InChI is InChI=1S/C17H20N2O4S/c1-18-24(21,22)16-10-9-15(23-16)17(20)19-11-5-8-14(19)12-13-6-3-2-4-7-13/h2-4,6-7,9-10,14,18H,5,8,11-12H2,1H3/t14-/m0/s1. The smallest absolute Gasteiger partial charge is 0.289 e. The summed E-state index contributed by atoms with van der Waals surface area (Å²) in [7, 11) is -2.38. The number of benzene rings is 1. The molecule has 128 valence electrons. The average molecular weight is 348 g/mol. The summed E-state index contributed by atoms with van der Waals surface area (Å²) < 4.78 is 30.9. The molecule has 6 nitrogen and oxygen atoms in total. The van der Waals surface area contributed by atoms with Gasteiger partial charge in [-0.1, -0.05) is 30.3 Å². The fourth-order valence-electron chi connectivity index (χ4n) is 3.02. The van der Waals surface area contributed by atoms with Gasteiger partial charge in [-0.15, -0.1) is 0 Å². The summed E-state index contributed by atoms with van der Waals surface area (Å²) in [4.78, 5) is 14.5. The van der Waals surface area contributed by atoms with Gasteiger partial charge in [0.05, 0.1) is 0 Å². The van der Waals surface area contributed by atoms with Gasteiger partial charge in [-0.05, 0) is 44.0 Å². The molecule has 1 amide bonds. The number of nitrogens with one attached hydrogen (secondary N) is 1. The minimum Gasteiger partial charge on any atom is -0.438 e. The van der Waals surface area contributed by atoms with E-state index in [0.717, 1.165) is 19.3 Å². The number of nitrogens with zero attached hydrogens (tertiary/aromatic N) is 1. The molecule has 3 rings (SSSR count). The Bertz CT molecular complexity index is 814. The van der Waals surface area contributed by atoms with E-state index in [1.165, 1.54) is 24.7 Å². The highest BCUT2D eigenvalue weighted by molar-refractivity contribution is 7.89. The van der Waals surface area contributed by atoms with Crippen LogP contribution in [0.3, 0.4) is 0 Å². The van der Waals surface area contributed by atoms with Crippen molar-refractivity contribution in [3.05, 3.63) is 53.8 Å². The lowest BCUT2D eigenvalue weighted by molar-refractivity contribution is 0.0698. The summed E-state index contributed by atoms with van der Waals surface area (Å²) in [5, 5.41) is -0.243. The van der Waals surface area contributed by atoms with E-state index in [2.05, 4.69) is 4.72 Å². The summed E-state index contributed by atoms with van der Waals surface area (Å²) in [5.74, 6) is -0.199. The highest BCUT2D eigenvalue weighted by atomic mass is 32.2. The van der Waals surface area contributed by atoms with Crippen LogP contribution in [-0.4, -0.2) is 38.9 Å². The molecule has 2 aromatic rings. The van der Waals surface area contributed by atoms with Gasteiger partial charge in [0.2, 0.25) is 5.09 Å². The number of hydrogen-bond donors (Lipinski definition) is 1. The predicted octanol–water partition coefficient (Wildman–Crippen LogP) is 2.03. The van der Waals surface area contributed by atoms with Crippen LogP contribution in [0.2, 0.25) is 0 Å². The van der Waals surface area contributed by atoms with Crippen molar-refractivity contribution < 1.29 is 17.6 Å². The zero-order chi connectivity index (χ0) is 17.2. The summed E-state index contributed by atoms with van der Waals surface area (Å²) in [6.45, 7) is 0.658. The van der Waals surface area contributed by atoms with Gasteiger partial charge in [0.15, 0.2) is 5.76 Å². The summed E-state index contributed by atoms with van der Waals surface area (Å²) in [6.07, 6.45) is 2.66. The third-order valence-electron chi connectivity index (χ3n) is 4.28. The van der Waals surface area contributed by atoms with Crippen molar-refractivity contribution in [2.45, 2.75) is 30.4 Å². The molecule has 0 radical (unpaired) electrons. The topological polar surface area (TPSA) is 79.6 Å². The molecule has 2 heterocycles. The van der Waals surface area contributed by atoms with Crippen molar-refractivity contribution in [2.24, 2.45) is 0 Å². The van der Waals surface area contributed by atoms with E-state index < -0.39 is 10.0 Å². The Labute approximate surface area is 141 Å². The van der Waals surface area contributed by atoms with Crippen LogP contribution in [0.5, 0.6) is 0 Å². The van der Waals surface area contributed by atoms with Crippen molar-refractivity contribution >= 4 is 15.9 Å². The molecule has 1 N–H and O–H groups in total. The number of likely N-dealkylation sites (tertiary alicyclic amines) is 1. The maximum Gasteiger partial charge on any atom is 0.289 e. The molecule has 0 aliphatic carbocycles. The van der Waals surface area contributed by atoms with Crippen molar-refractivity contribution in [2.75, 3.05) is 13.6 Å². The van der Waals surface area contributed by atoms with Crippen LogP contribution in [0.1, 0.15) is 29.0 Å². The fraction of sp³-hybridized carbons (Fsp3) is 0.353. The van der Waals surface area contributed by atoms with Gasteiger partial charge in [-0.2, -0.15) is 0 Å². The SMILES string of the molecule is CNS(=O)(=O)c1ccc(C(=O)N2CCC[C@H]2Cc2ccccc2)o1. The van der Waals surface area contributed by atoms with E-state index >= 15 is 0 Å². The molecule has 0 saturated carbocycles. The van der Waals surface area contributed by atoms with E-state index in [9.17, 15) is 13.2 Å². The van der Waals surface area contributed by atoms with Crippen LogP contribution in [0.4, 0.5) is 0 Å². The number of furan rings is 1. The van der Waals surface area contributed by atoms with Gasteiger partial charge in [-0.3, -0.25) is 4.79 Å². The van der Waals surface area contributed by atoms with Gasteiger partial charge in [0, 0.05) is 12.6 Å². The van der Waals surface area contributed by atoms with Crippen LogP contribution in [0, 0.1) is 0 Å². The first-order valence-electron chi connectivity index (χ1n) is 7.89. The van der Waals surface area contributed by atoms with E-state index in [1.807, 2.05) is 30.3 Å². The van der Waals surface area contributed by atoms with E-state index in [0.29, 0.717) is 6.54 Å². The van der Waals surface area contributed by atoms with Crippen molar-refractivity contribution in [3.8, 4) is 0 Å². The van der Waals surface area contributed by atoms with Crippen LogP contribution >= 0.6 is 0 Å². The molecule has 1 atom stereocenters. The second-order valence-electron chi connectivity index (χ2n) is 5.81. The highest BCUT2D eigenvalue weighted by Crippen LogP contribution is 2.24. The Balaban J connectivity index is 1.76. The Kier molecular flexibility index (Phi) is 4.73. The zero-order valence-corrected chi connectivity index (χ0v) is 14.3. The van der Waals surface area contributed by atoms with E-state index in [-0.39, 0.29) is 22.8 Å². The van der Waals surface area contributed by atoms with Crippen LogP contribution in [-0.2, 0) is 16.4 Å². The highest BCUT2D eigenvalue weighted by Gasteiger charge is 2.31. The minimum atomic E-state index is -3.68. The van der Waals surface area contributed by atoms with Gasteiger partial charge in [-0.25, -0.2) is 13.1 Å². The normalized spacial score (nSPS) is 18.0. The van der Waals surface area contributed by atoms with Crippen molar-refractivity contribution in [1.29, 1.82) is 0 Å². The Morgan fingerprint density at radius 1 is 1.25 bits per heavy atom.